The summed E-state index contributed by atoms with van der Waals surface area (Å²) >= 11 is 0. The molecule has 0 amide bonds. The van der Waals surface area contributed by atoms with Gasteiger partial charge in [0, 0.05) is 36.9 Å². The van der Waals surface area contributed by atoms with Crippen LogP contribution < -0.4 is 0 Å². The number of rotatable bonds is 0. The van der Waals surface area contributed by atoms with Gasteiger partial charge in [-0.3, -0.25) is 0 Å². The molecule has 0 fully saturated rings. The van der Waals surface area contributed by atoms with Gasteiger partial charge < -0.3 is 5.71 Å². The molecule has 0 rings (SSSR count). The Bertz CT molecular complexity index is 16.0. The molecule has 0 heterocycles. The summed E-state index contributed by atoms with van der Waals surface area (Å²) in [7, 11) is 0. The molecule has 0 aliphatic carbocycles. The molecule has 31 valence electrons. The molecule has 0 saturated heterocycles. The fourth-order valence-corrected chi connectivity index (χ4v) is 0. The molecule has 0 saturated carbocycles. The van der Waals surface area contributed by atoms with E-state index in [0.29, 0.717) is 0 Å². The molecule has 0 N–H and O–H groups in total. The summed E-state index contributed by atoms with van der Waals surface area (Å²) < 4.78 is 0. The molecule has 0 aromatic heterocycles. The van der Waals surface area contributed by atoms with E-state index in [2.05, 4.69) is 0 Å². The van der Waals surface area contributed by atoms with E-state index in [4.69, 9.17) is 0 Å². The topological polar surface area (TPSA) is 0 Å². The van der Waals surface area contributed by atoms with Gasteiger partial charge in [-0.15, -0.1) is 0 Å². The van der Waals surface area contributed by atoms with Gasteiger partial charge in [-0.25, -0.2) is 0 Å². The summed E-state index contributed by atoms with van der Waals surface area (Å²) in [6.07, 6.45) is 0. The van der Waals surface area contributed by atoms with Crippen LogP contribution >= 0.6 is 0 Å². The van der Waals surface area contributed by atoms with Crippen LogP contribution in [0.2, 0.25) is 0 Å². The van der Waals surface area contributed by atoms with Gasteiger partial charge in [0.25, 0.3) is 0 Å². The van der Waals surface area contributed by atoms with E-state index in [1.165, 1.54) is 0 Å². The van der Waals surface area contributed by atoms with Crippen molar-refractivity contribution in [2.75, 3.05) is 0 Å². The van der Waals surface area contributed by atoms with Gasteiger partial charge in [0.15, 0.2) is 0 Å². The zero-order valence-corrected chi connectivity index (χ0v) is 6.95. The molecule has 0 aliphatic rings. The zero-order chi connectivity index (χ0) is 0. The summed E-state index contributed by atoms with van der Waals surface area (Å²) in [6, 6.07) is 0. The van der Waals surface area contributed by atoms with Crippen molar-refractivity contribution in [3.05, 3.63) is 0 Å². The van der Waals surface area contributed by atoms with Crippen LogP contribution in [-0.2, 0) is 0 Å². The van der Waals surface area contributed by atoms with Crippen LogP contribution in [0.15, 0.2) is 0 Å². The Kier molecular flexibility index (Phi) is 104. The van der Waals surface area contributed by atoms with Crippen molar-refractivity contribution in [3.63, 3.8) is 0 Å². The molecule has 0 atom stereocenters. The van der Waals surface area contributed by atoms with E-state index >= 15 is 0 Å². The Hall–Kier alpha value is 3.48. The van der Waals surface area contributed by atoms with Crippen molar-refractivity contribution in [2.45, 2.75) is 0 Å². The van der Waals surface area contributed by atoms with E-state index in [1.54, 1.807) is 0 Å². The molecule has 0 unspecified atom stereocenters. The van der Waals surface area contributed by atoms with Crippen LogP contribution in [0.5, 0.6) is 0 Å². The van der Waals surface area contributed by atoms with E-state index < -0.39 is 0 Å². The Morgan fingerprint density at radius 2 is 1.25 bits per heavy atom. The van der Waals surface area contributed by atoms with Gasteiger partial charge in [-0.2, -0.15) is 0 Å². The van der Waals surface area contributed by atoms with Crippen LogP contribution in [0.4, 0.5) is 0 Å². The zero-order valence-electron chi connectivity index (χ0n) is 5.67. The van der Waals surface area contributed by atoms with Crippen molar-refractivity contribution in [1.29, 1.82) is 0 Å². The second kappa shape index (κ2) is 16.1. The maximum absolute atomic E-state index is 0. The third-order valence-electron chi connectivity index (χ3n) is 0. The predicted octanol–water partition coefficient (Wildman–Crippen LogP) is -1.76. The van der Waals surface area contributed by atoms with Crippen LogP contribution in [0, 0.1) is 36.9 Å². The van der Waals surface area contributed by atoms with Gasteiger partial charge in [0.2, 0.25) is 0 Å². The Labute approximate surface area is 112 Å². The molecular formula is H8CaLuMgSi. The molecule has 0 bridgehead atoms. The second-order valence-corrected chi connectivity index (χ2v) is 0. The van der Waals surface area contributed by atoms with Gasteiger partial charge in [0.1, 0.15) is 0 Å². The second-order valence-electron chi connectivity index (χ2n) is 0. The standard InChI is InChI=1S/Ca.Lu.Mg.H4Si.4H/h;;;1H4;;;;/q+2;;+2;;4*-1. The van der Waals surface area contributed by atoms with Gasteiger partial charge >= 0.3 is 60.8 Å². The number of hydrogen-bond acceptors (Lipinski definition) is 0. The van der Waals surface area contributed by atoms with Crippen LogP contribution in [0.25, 0.3) is 0 Å². The minimum atomic E-state index is 0. The maximum Gasteiger partial charge on any atom is 2.00 e. The smallest absolute Gasteiger partial charge is 1.00 e. The molecule has 4 heavy (non-hydrogen) atoms. The summed E-state index contributed by atoms with van der Waals surface area (Å²) in [4.78, 5) is 0. The molecule has 0 aliphatic heterocycles. The molecule has 0 aromatic carbocycles. The van der Waals surface area contributed by atoms with Crippen molar-refractivity contribution < 1.29 is 42.6 Å². The van der Waals surface area contributed by atoms with Crippen molar-refractivity contribution in [2.24, 2.45) is 0 Å². The first-order chi connectivity index (χ1) is 0. The summed E-state index contributed by atoms with van der Waals surface area (Å²) in [5, 5.41) is 0. The Balaban J connectivity index is 0. The number of hydrogen-bond donors (Lipinski definition) is 0. The Morgan fingerprint density at radius 1 is 1.25 bits per heavy atom. The summed E-state index contributed by atoms with van der Waals surface area (Å²) in [5.41, 5.74) is 0. The normalized spacial score (nSPS) is 0. The van der Waals surface area contributed by atoms with E-state index in [-0.39, 0.29) is 114 Å². The fourth-order valence-electron chi connectivity index (χ4n) is 0. The average molecular weight is 276 g/mol. The van der Waals surface area contributed by atoms with E-state index in [1.807, 2.05) is 0 Å². The third-order valence-corrected chi connectivity index (χ3v) is 0. The first-order valence-electron chi connectivity index (χ1n) is 0. The minimum Gasteiger partial charge on any atom is -1.00 e. The van der Waals surface area contributed by atoms with E-state index in [9.17, 15) is 0 Å². The summed E-state index contributed by atoms with van der Waals surface area (Å²) in [6.45, 7) is 0. The van der Waals surface area contributed by atoms with Crippen LogP contribution in [0.1, 0.15) is 5.71 Å². The molecule has 0 spiro atoms. The first-order valence-corrected chi connectivity index (χ1v) is 0. The molecule has 4 heteroatoms. The first kappa shape index (κ1) is 25.9. The Morgan fingerprint density at radius 3 is 1.25 bits per heavy atom. The third kappa shape index (κ3) is 9.08. The molecular weight excluding hydrogens is 267 g/mol. The SMILES string of the molecule is [Ca+2].[H-].[H-].[H-].[H-].[Lu].[Mg+2].[SiH4]. The maximum atomic E-state index is 0. The van der Waals surface area contributed by atoms with Crippen LogP contribution in [-0.4, -0.2) is 71.8 Å². The summed E-state index contributed by atoms with van der Waals surface area (Å²) in [5.74, 6) is 0. The van der Waals surface area contributed by atoms with Gasteiger partial charge in [-0.1, -0.05) is 0 Å². The fraction of sp³-hybridized carbons (Fsp3) is 0. The molecule has 1 radical (unpaired) electrons. The minimum absolute atomic E-state index is 0. The quantitative estimate of drug-likeness (QED) is 0.460. The van der Waals surface area contributed by atoms with Crippen molar-refractivity contribution in [1.82, 2.24) is 0 Å². The molecule has 0 nitrogen and oxygen atoms in total. The van der Waals surface area contributed by atoms with Crippen molar-refractivity contribution >= 4 is 71.8 Å². The molecule has 0 aromatic rings. The van der Waals surface area contributed by atoms with Crippen molar-refractivity contribution in [3.8, 4) is 0 Å². The predicted molar refractivity (Wildman–Crippen MR) is 27.3 cm³/mol. The average Bonchev–Trinajstić information content (AvgIpc) is 0. The monoisotopic (exact) mass is 275 g/mol. The van der Waals surface area contributed by atoms with E-state index in [0.717, 1.165) is 0 Å². The van der Waals surface area contributed by atoms with Gasteiger partial charge in [-0.05, 0) is 11.0 Å². The van der Waals surface area contributed by atoms with Gasteiger partial charge in [0.05, 0.1) is 0 Å². The van der Waals surface area contributed by atoms with Crippen LogP contribution in [0.3, 0.4) is 0 Å². The largest absolute Gasteiger partial charge is 2.00 e.